The van der Waals surface area contributed by atoms with E-state index in [1.165, 1.54) is 18.5 Å². The van der Waals surface area contributed by atoms with Gasteiger partial charge in [-0.25, -0.2) is 14.4 Å². The van der Waals surface area contributed by atoms with Crippen molar-refractivity contribution in [3.05, 3.63) is 88.6 Å². The van der Waals surface area contributed by atoms with Crippen LogP contribution in [0, 0.1) is 5.82 Å². The summed E-state index contributed by atoms with van der Waals surface area (Å²) in [5, 5.41) is 0. The average molecular weight is 459 g/mol. The molecule has 4 rings (SSSR count). The lowest BCUT2D eigenvalue weighted by Crippen LogP contribution is -2.25. The lowest BCUT2D eigenvalue weighted by molar-refractivity contribution is -0.137. The number of hydrogen-bond donors (Lipinski definition) is 0. The van der Waals surface area contributed by atoms with Gasteiger partial charge in [0.15, 0.2) is 11.6 Å². The van der Waals surface area contributed by atoms with Crippen molar-refractivity contribution in [3.8, 4) is 0 Å². The topological polar surface area (TPSA) is 38.3 Å². The maximum atomic E-state index is 15.4. The zero-order valence-corrected chi connectivity index (χ0v) is 18.3. The van der Waals surface area contributed by atoms with Crippen molar-refractivity contribution >= 4 is 5.82 Å². The van der Waals surface area contributed by atoms with Crippen molar-refractivity contribution < 1.29 is 22.3 Å². The molecule has 4 nitrogen and oxygen atoms in total. The van der Waals surface area contributed by atoms with Gasteiger partial charge < -0.3 is 9.64 Å². The monoisotopic (exact) mass is 459 g/mol. The van der Waals surface area contributed by atoms with Gasteiger partial charge >= 0.3 is 6.18 Å². The van der Waals surface area contributed by atoms with Gasteiger partial charge in [-0.2, -0.15) is 13.2 Å². The van der Waals surface area contributed by atoms with Gasteiger partial charge in [-0.15, -0.1) is 0 Å². The van der Waals surface area contributed by atoms with Gasteiger partial charge in [-0.05, 0) is 54.5 Å². The van der Waals surface area contributed by atoms with Crippen LogP contribution < -0.4 is 4.90 Å². The van der Waals surface area contributed by atoms with Crippen LogP contribution in [0.4, 0.5) is 23.4 Å². The van der Waals surface area contributed by atoms with Crippen molar-refractivity contribution in [3.63, 3.8) is 0 Å². The van der Waals surface area contributed by atoms with Crippen LogP contribution in [0.5, 0.6) is 0 Å². The summed E-state index contributed by atoms with van der Waals surface area (Å²) in [4.78, 5) is 10.2. The quantitative estimate of drug-likeness (QED) is 0.412. The predicted molar refractivity (Wildman–Crippen MR) is 117 cm³/mol. The van der Waals surface area contributed by atoms with Crippen molar-refractivity contribution in [1.82, 2.24) is 9.97 Å². The van der Waals surface area contributed by atoms with E-state index in [2.05, 4.69) is 9.97 Å². The molecule has 1 aromatic heterocycles. The van der Waals surface area contributed by atoms with E-state index < -0.39 is 17.6 Å². The summed E-state index contributed by atoms with van der Waals surface area (Å²) in [6, 6.07) is 12.8. The van der Waals surface area contributed by atoms with Crippen molar-refractivity contribution in [2.75, 3.05) is 18.6 Å². The Bertz CT molecular complexity index is 1090. The number of ether oxygens (including phenoxy) is 1. The van der Waals surface area contributed by atoms with E-state index in [1.807, 2.05) is 29.2 Å². The number of methoxy groups -OCH3 is 1. The number of benzene rings is 2. The van der Waals surface area contributed by atoms with Crippen molar-refractivity contribution in [1.29, 1.82) is 0 Å². The Labute approximate surface area is 190 Å². The summed E-state index contributed by atoms with van der Waals surface area (Å²) in [6.07, 6.45) is -0.473. The smallest absolute Gasteiger partial charge is 0.380 e. The van der Waals surface area contributed by atoms with E-state index >= 15 is 4.39 Å². The summed E-state index contributed by atoms with van der Waals surface area (Å²) in [5.74, 6) is -0.264. The number of aromatic nitrogens is 2. The fraction of sp³-hybridized carbons (Fsp3) is 0.360. The Morgan fingerprint density at radius 1 is 1.03 bits per heavy atom. The van der Waals surface area contributed by atoms with Gasteiger partial charge in [0.25, 0.3) is 0 Å². The molecule has 0 saturated carbocycles. The molecular formula is C25H25F4N3O. The molecule has 1 saturated heterocycles. The number of anilines is 1. The second-order valence-electron chi connectivity index (χ2n) is 8.18. The van der Waals surface area contributed by atoms with Crippen LogP contribution in [-0.4, -0.2) is 23.6 Å². The summed E-state index contributed by atoms with van der Waals surface area (Å²) >= 11 is 0. The highest BCUT2D eigenvalue weighted by molar-refractivity contribution is 5.46. The number of rotatable bonds is 7. The Balaban J connectivity index is 1.52. The highest BCUT2D eigenvalue weighted by atomic mass is 19.4. The van der Waals surface area contributed by atoms with Crippen LogP contribution in [0.25, 0.3) is 0 Å². The molecule has 2 aromatic carbocycles. The molecule has 3 aromatic rings. The number of aryl methyl sites for hydroxylation is 2. The maximum absolute atomic E-state index is 15.4. The second kappa shape index (κ2) is 9.87. The molecule has 1 unspecified atom stereocenters. The molecule has 0 amide bonds. The summed E-state index contributed by atoms with van der Waals surface area (Å²) in [7, 11) is 1.64. The predicted octanol–water partition coefficient (Wildman–Crippen LogP) is 5.91. The number of nitrogens with zero attached hydrogens (tertiary/aromatic N) is 3. The molecule has 1 aliphatic heterocycles. The molecule has 0 aliphatic carbocycles. The maximum Gasteiger partial charge on any atom is 0.416 e. The third kappa shape index (κ3) is 5.33. The fourth-order valence-electron chi connectivity index (χ4n) is 4.34. The van der Waals surface area contributed by atoms with Crippen molar-refractivity contribution in [2.45, 2.75) is 44.5 Å². The van der Waals surface area contributed by atoms with E-state index in [0.29, 0.717) is 31.7 Å². The van der Waals surface area contributed by atoms with Crippen LogP contribution in [0.3, 0.4) is 0 Å². The molecule has 0 spiro atoms. The van der Waals surface area contributed by atoms with Gasteiger partial charge in [-0.1, -0.05) is 36.4 Å². The fourth-order valence-corrected chi connectivity index (χ4v) is 4.34. The van der Waals surface area contributed by atoms with Gasteiger partial charge in [0.1, 0.15) is 6.33 Å². The van der Waals surface area contributed by atoms with Gasteiger partial charge in [0.05, 0.1) is 23.9 Å². The third-order valence-electron chi connectivity index (χ3n) is 5.94. The summed E-state index contributed by atoms with van der Waals surface area (Å²) < 4.78 is 59.3. The highest BCUT2D eigenvalue weighted by Gasteiger charge is 2.33. The largest absolute Gasteiger partial charge is 0.416 e. The van der Waals surface area contributed by atoms with E-state index in [4.69, 9.17) is 4.74 Å². The molecule has 8 heteroatoms. The van der Waals surface area contributed by atoms with E-state index in [-0.39, 0.29) is 11.9 Å². The number of hydrogen-bond acceptors (Lipinski definition) is 4. The second-order valence-corrected chi connectivity index (χ2v) is 8.18. The first-order valence-corrected chi connectivity index (χ1v) is 10.9. The normalized spacial score (nSPS) is 16.4. The minimum atomic E-state index is -4.38. The SMILES string of the molecule is COCc1cccc(CCc2ncnc(N3CCCC3c3ccc(C(F)(F)F)cc3)c2F)c1. The molecule has 0 radical (unpaired) electrons. The third-order valence-corrected chi connectivity index (χ3v) is 5.94. The lowest BCUT2D eigenvalue weighted by atomic mass is 10.0. The summed E-state index contributed by atoms with van der Waals surface area (Å²) in [6.45, 7) is 1.10. The van der Waals surface area contributed by atoms with Crippen LogP contribution in [0.1, 0.15) is 46.8 Å². The molecule has 1 fully saturated rings. The minimum Gasteiger partial charge on any atom is -0.380 e. The van der Waals surface area contributed by atoms with Gasteiger partial charge in [0, 0.05) is 13.7 Å². The van der Waals surface area contributed by atoms with Gasteiger partial charge in [0.2, 0.25) is 0 Å². The number of alkyl halides is 3. The van der Waals surface area contributed by atoms with Gasteiger partial charge in [-0.3, -0.25) is 0 Å². The molecule has 1 atom stereocenters. The molecule has 2 heterocycles. The van der Waals surface area contributed by atoms with E-state index in [1.54, 1.807) is 7.11 Å². The Morgan fingerprint density at radius 2 is 1.79 bits per heavy atom. The van der Waals surface area contributed by atoms with Crippen LogP contribution >= 0.6 is 0 Å². The first-order valence-electron chi connectivity index (χ1n) is 10.9. The van der Waals surface area contributed by atoms with E-state index in [9.17, 15) is 13.2 Å². The molecule has 0 bridgehead atoms. The van der Waals surface area contributed by atoms with Crippen molar-refractivity contribution in [2.24, 2.45) is 0 Å². The lowest BCUT2D eigenvalue weighted by Gasteiger charge is -2.27. The van der Waals surface area contributed by atoms with Crippen LogP contribution in [0.15, 0.2) is 54.9 Å². The Kier molecular flexibility index (Phi) is 6.93. The molecule has 33 heavy (non-hydrogen) atoms. The highest BCUT2D eigenvalue weighted by Crippen LogP contribution is 2.38. The minimum absolute atomic E-state index is 0.204. The standard InChI is InChI=1S/C25H25F4N3O/c1-33-15-18-5-2-4-17(14-18)7-12-21-23(26)24(31-16-30-21)32-13-3-6-22(32)19-8-10-20(11-9-19)25(27,28)29/h2,4-5,8-11,14,16,22H,3,6-7,12-13,15H2,1H3. The zero-order chi connectivity index (χ0) is 23.4. The van der Waals surface area contributed by atoms with E-state index in [0.717, 1.165) is 41.7 Å². The molecular weight excluding hydrogens is 434 g/mol. The molecule has 0 N–H and O–H groups in total. The van der Waals surface area contributed by atoms with Crippen LogP contribution in [0.2, 0.25) is 0 Å². The van der Waals surface area contributed by atoms with Crippen LogP contribution in [-0.2, 0) is 30.4 Å². The number of halogens is 4. The Hall–Kier alpha value is -3.00. The molecule has 1 aliphatic rings. The zero-order valence-electron chi connectivity index (χ0n) is 18.3. The summed E-state index contributed by atoms with van der Waals surface area (Å²) in [5.41, 5.74) is 2.47. The Morgan fingerprint density at radius 3 is 2.52 bits per heavy atom. The first-order chi connectivity index (χ1) is 15.9. The molecule has 174 valence electrons. The average Bonchev–Trinajstić information content (AvgIpc) is 3.28. The first kappa shape index (κ1) is 23.2.